The summed E-state index contributed by atoms with van der Waals surface area (Å²) in [5.74, 6) is 0.598. The minimum atomic E-state index is 0.438. The summed E-state index contributed by atoms with van der Waals surface area (Å²) in [4.78, 5) is 0. The summed E-state index contributed by atoms with van der Waals surface area (Å²) in [5.41, 5.74) is 1.88. The lowest BCUT2D eigenvalue weighted by atomic mass is 9.58. The van der Waals surface area contributed by atoms with Gasteiger partial charge in [0.2, 0.25) is 0 Å². The van der Waals surface area contributed by atoms with E-state index in [-0.39, 0.29) is 0 Å². The predicted molar refractivity (Wildman–Crippen MR) is 69.5 cm³/mol. The molecule has 0 aromatic heterocycles. The van der Waals surface area contributed by atoms with Crippen LogP contribution in [0.2, 0.25) is 6.82 Å². The molecule has 1 radical (unpaired) electrons. The Balaban J connectivity index is 2.73. The van der Waals surface area contributed by atoms with Crippen LogP contribution in [0.25, 0.3) is 0 Å². The lowest BCUT2D eigenvalue weighted by Crippen LogP contribution is -2.17. The van der Waals surface area contributed by atoms with Crippen molar-refractivity contribution < 1.29 is 0 Å². The normalized spacial score (nSPS) is 13.6. The van der Waals surface area contributed by atoms with Crippen molar-refractivity contribution >= 4 is 7.28 Å². The van der Waals surface area contributed by atoms with Crippen molar-refractivity contribution in [1.82, 2.24) is 0 Å². The Morgan fingerprint density at radius 2 is 1.80 bits per heavy atom. The Morgan fingerprint density at radius 1 is 1.20 bits per heavy atom. The molecule has 0 aliphatic carbocycles. The Labute approximate surface area is 95.3 Å². The molecule has 15 heavy (non-hydrogen) atoms. The molecule has 1 aromatic carbocycles. The maximum absolute atomic E-state index is 2.35. The lowest BCUT2D eigenvalue weighted by molar-refractivity contribution is 0.317. The van der Waals surface area contributed by atoms with Crippen molar-refractivity contribution in [2.45, 2.75) is 46.3 Å². The molecule has 0 fully saturated rings. The van der Waals surface area contributed by atoms with Crippen molar-refractivity contribution in [3.05, 3.63) is 35.9 Å². The summed E-state index contributed by atoms with van der Waals surface area (Å²) in [6, 6.07) is 10.8. The van der Waals surface area contributed by atoms with Gasteiger partial charge in [0.1, 0.15) is 7.28 Å². The Kier molecular flexibility index (Phi) is 4.44. The van der Waals surface area contributed by atoms with E-state index in [0.29, 0.717) is 11.2 Å². The van der Waals surface area contributed by atoms with Gasteiger partial charge in [-0.15, -0.1) is 0 Å². The topological polar surface area (TPSA) is 0 Å². The second-order valence-electron chi connectivity index (χ2n) is 5.07. The molecule has 0 saturated carbocycles. The van der Waals surface area contributed by atoms with Gasteiger partial charge in [0.05, 0.1) is 0 Å². The third-order valence-corrected chi connectivity index (χ3v) is 3.36. The first-order valence-corrected chi connectivity index (χ1v) is 5.93. The van der Waals surface area contributed by atoms with Crippen LogP contribution in [-0.4, -0.2) is 7.28 Å². The van der Waals surface area contributed by atoms with E-state index in [1.165, 1.54) is 18.4 Å². The quantitative estimate of drug-likeness (QED) is 0.623. The summed E-state index contributed by atoms with van der Waals surface area (Å²) < 4.78 is 0. The van der Waals surface area contributed by atoms with Gasteiger partial charge in [-0.25, -0.2) is 0 Å². The molecule has 0 saturated heterocycles. The van der Waals surface area contributed by atoms with Gasteiger partial charge < -0.3 is 0 Å². The van der Waals surface area contributed by atoms with E-state index in [4.69, 9.17) is 0 Å². The fraction of sp³-hybridized carbons (Fsp3) is 0.571. The molecule has 1 atom stereocenters. The van der Waals surface area contributed by atoms with Crippen LogP contribution in [0.1, 0.15) is 45.0 Å². The molecule has 0 bridgehead atoms. The van der Waals surface area contributed by atoms with Crippen molar-refractivity contribution in [1.29, 1.82) is 0 Å². The van der Waals surface area contributed by atoms with Gasteiger partial charge in [-0.05, 0) is 17.7 Å². The zero-order valence-corrected chi connectivity index (χ0v) is 10.5. The average molecular weight is 201 g/mol. The molecule has 0 spiro atoms. The van der Waals surface area contributed by atoms with Crippen LogP contribution in [0.5, 0.6) is 0 Å². The molecule has 0 aliphatic heterocycles. The molecule has 1 heteroatoms. The number of hydrogen-bond donors (Lipinski definition) is 0. The fourth-order valence-electron chi connectivity index (χ4n) is 1.87. The van der Waals surface area contributed by atoms with Gasteiger partial charge in [-0.1, -0.05) is 69.9 Å². The van der Waals surface area contributed by atoms with Crippen LogP contribution >= 0.6 is 0 Å². The standard InChI is InChI=1S/C14H22B/c1-5-14(2,3)11-13(15-4)12-9-7-6-8-10-12/h6-10,13H,5,11H2,1-4H3. The Hall–Kier alpha value is -0.715. The highest BCUT2D eigenvalue weighted by Crippen LogP contribution is 2.33. The summed E-state index contributed by atoms with van der Waals surface area (Å²) in [7, 11) is 2.33. The highest BCUT2D eigenvalue weighted by atomic mass is 14.2. The van der Waals surface area contributed by atoms with Crippen LogP contribution in [0.15, 0.2) is 30.3 Å². The second-order valence-corrected chi connectivity index (χ2v) is 5.07. The van der Waals surface area contributed by atoms with E-state index in [1.807, 2.05) is 0 Å². The van der Waals surface area contributed by atoms with Crippen molar-refractivity contribution in [2.75, 3.05) is 0 Å². The molecule has 0 N–H and O–H groups in total. The summed E-state index contributed by atoms with van der Waals surface area (Å²) >= 11 is 0. The monoisotopic (exact) mass is 201 g/mol. The zero-order chi connectivity index (χ0) is 11.3. The summed E-state index contributed by atoms with van der Waals surface area (Å²) in [6.45, 7) is 9.15. The maximum atomic E-state index is 2.35. The maximum Gasteiger partial charge on any atom is 0.116 e. The SMILES string of the molecule is C[B]C(CC(C)(C)CC)c1ccccc1. The van der Waals surface area contributed by atoms with E-state index in [1.54, 1.807) is 0 Å². The van der Waals surface area contributed by atoms with E-state index < -0.39 is 0 Å². The van der Waals surface area contributed by atoms with Gasteiger partial charge in [0.15, 0.2) is 0 Å². The van der Waals surface area contributed by atoms with E-state index in [2.05, 4.69) is 65.2 Å². The molecule has 81 valence electrons. The third kappa shape index (κ3) is 3.73. The van der Waals surface area contributed by atoms with E-state index in [0.717, 1.165) is 0 Å². The molecular weight excluding hydrogens is 179 g/mol. The van der Waals surface area contributed by atoms with Crippen molar-refractivity contribution in [3.8, 4) is 0 Å². The van der Waals surface area contributed by atoms with Gasteiger partial charge in [-0.3, -0.25) is 0 Å². The van der Waals surface area contributed by atoms with Crippen molar-refractivity contribution in [3.63, 3.8) is 0 Å². The first kappa shape index (κ1) is 12.4. The van der Waals surface area contributed by atoms with Crippen LogP contribution in [0, 0.1) is 5.41 Å². The third-order valence-electron chi connectivity index (χ3n) is 3.36. The van der Waals surface area contributed by atoms with Gasteiger partial charge in [0, 0.05) is 0 Å². The molecular formula is C14H22B. The molecule has 1 rings (SSSR count). The molecule has 1 unspecified atom stereocenters. The van der Waals surface area contributed by atoms with Crippen LogP contribution in [0.3, 0.4) is 0 Å². The first-order chi connectivity index (χ1) is 7.09. The van der Waals surface area contributed by atoms with Gasteiger partial charge in [-0.2, -0.15) is 0 Å². The van der Waals surface area contributed by atoms with Gasteiger partial charge >= 0.3 is 0 Å². The summed E-state index contributed by atoms with van der Waals surface area (Å²) in [5, 5.41) is 0. The van der Waals surface area contributed by atoms with Gasteiger partial charge in [0.25, 0.3) is 0 Å². The van der Waals surface area contributed by atoms with Crippen LogP contribution in [0.4, 0.5) is 0 Å². The fourth-order valence-corrected chi connectivity index (χ4v) is 1.87. The van der Waals surface area contributed by atoms with Crippen molar-refractivity contribution in [2.24, 2.45) is 5.41 Å². The molecule has 0 nitrogen and oxygen atoms in total. The average Bonchev–Trinajstić information content (AvgIpc) is 2.27. The molecule has 0 heterocycles. The lowest BCUT2D eigenvalue weighted by Gasteiger charge is -2.28. The molecule has 0 amide bonds. The minimum absolute atomic E-state index is 0.438. The second kappa shape index (κ2) is 5.39. The Morgan fingerprint density at radius 3 is 2.27 bits per heavy atom. The molecule has 0 aliphatic rings. The number of hydrogen-bond acceptors (Lipinski definition) is 0. The smallest absolute Gasteiger partial charge is 0.0914 e. The molecule has 1 aromatic rings. The van der Waals surface area contributed by atoms with Crippen LogP contribution in [-0.2, 0) is 0 Å². The highest BCUT2D eigenvalue weighted by molar-refractivity contribution is 6.35. The van der Waals surface area contributed by atoms with Crippen LogP contribution < -0.4 is 0 Å². The van der Waals surface area contributed by atoms with E-state index >= 15 is 0 Å². The predicted octanol–water partition coefficient (Wildman–Crippen LogP) is 4.31. The Bertz CT molecular complexity index is 277. The largest absolute Gasteiger partial charge is 0.116 e. The number of rotatable bonds is 5. The zero-order valence-electron chi connectivity index (χ0n) is 10.5. The van der Waals surface area contributed by atoms with E-state index in [9.17, 15) is 0 Å². The minimum Gasteiger partial charge on any atom is -0.0914 e. The number of benzene rings is 1. The highest BCUT2D eigenvalue weighted by Gasteiger charge is 2.21. The summed E-state index contributed by atoms with van der Waals surface area (Å²) in [6.07, 6.45) is 2.48. The first-order valence-electron chi connectivity index (χ1n) is 5.93.